The standard InChI is InChI=1S/C34H47F3N6O2/c1-5-9-30(42-17-8-16-40(20-21-42)24-34(35,36)37)31-38-29-13-12-26(23-28(29)32(45)43(31)6-2)41-18-14-33(15-19-41,39(3)4)25-10-7-11-27(44)22-25/h7,10-13,22-23,30,44H,5-6,8-9,14-21,24H2,1-4H3. The number of phenolic OH excluding ortho intramolecular Hbond substituents is 1. The molecule has 0 saturated carbocycles. The number of fused-ring (bicyclic) bond motifs is 1. The Morgan fingerprint density at radius 2 is 1.76 bits per heavy atom. The van der Waals surface area contributed by atoms with Crippen molar-refractivity contribution in [3.05, 3.63) is 64.2 Å². The first-order chi connectivity index (χ1) is 21.5. The lowest BCUT2D eigenvalue weighted by atomic mass is 9.79. The molecule has 2 fully saturated rings. The molecule has 1 atom stereocenters. The van der Waals surface area contributed by atoms with E-state index in [1.54, 1.807) is 10.6 Å². The van der Waals surface area contributed by atoms with Crippen molar-refractivity contribution < 1.29 is 18.3 Å². The van der Waals surface area contributed by atoms with Crippen LogP contribution in [0, 0.1) is 0 Å². The number of nitrogens with zero attached hydrogens (tertiary/aromatic N) is 6. The Morgan fingerprint density at radius 1 is 1.00 bits per heavy atom. The first kappa shape index (κ1) is 33.2. The van der Waals surface area contributed by atoms with Gasteiger partial charge in [0.15, 0.2) is 0 Å². The SMILES string of the molecule is CCCC(c1nc2ccc(N3CCC(c4cccc(O)c4)(N(C)C)CC3)cc2c(=O)n1CC)N1CCCN(CC(F)(F)F)CC1. The minimum absolute atomic E-state index is 0.0756. The summed E-state index contributed by atoms with van der Waals surface area (Å²) in [5.74, 6) is 0.971. The van der Waals surface area contributed by atoms with Gasteiger partial charge in [-0.05, 0) is 89.1 Å². The summed E-state index contributed by atoms with van der Waals surface area (Å²) in [6.45, 7) is 7.13. The average Bonchev–Trinajstić information content (AvgIpc) is 3.24. The van der Waals surface area contributed by atoms with E-state index in [2.05, 4.69) is 41.8 Å². The monoisotopic (exact) mass is 628 g/mol. The molecule has 0 aliphatic carbocycles. The Kier molecular flexibility index (Phi) is 10.1. The van der Waals surface area contributed by atoms with Crippen LogP contribution in [0.25, 0.3) is 10.9 Å². The Bertz CT molecular complexity index is 1520. The molecule has 3 aromatic rings. The van der Waals surface area contributed by atoms with Crippen LogP contribution in [-0.2, 0) is 12.1 Å². The molecule has 0 radical (unpaired) electrons. The molecular weight excluding hydrogens is 581 g/mol. The number of benzene rings is 2. The molecule has 2 saturated heterocycles. The van der Waals surface area contributed by atoms with Gasteiger partial charge < -0.3 is 10.0 Å². The summed E-state index contributed by atoms with van der Waals surface area (Å²) in [6.07, 6.45) is -0.194. The summed E-state index contributed by atoms with van der Waals surface area (Å²) in [5, 5.41) is 10.7. The van der Waals surface area contributed by atoms with Crippen molar-refractivity contribution in [2.45, 2.75) is 70.3 Å². The van der Waals surface area contributed by atoms with Crippen molar-refractivity contribution in [1.29, 1.82) is 0 Å². The number of halogens is 3. The fourth-order valence-corrected chi connectivity index (χ4v) is 7.37. The van der Waals surface area contributed by atoms with Gasteiger partial charge in [0.05, 0.1) is 23.5 Å². The van der Waals surface area contributed by atoms with E-state index >= 15 is 0 Å². The number of aromatic nitrogens is 2. The minimum Gasteiger partial charge on any atom is -0.508 e. The Labute approximate surface area is 264 Å². The molecule has 0 amide bonds. The maximum absolute atomic E-state index is 14.0. The molecule has 2 aromatic carbocycles. The topological polar surface area (TPSA) is 68.1 Å². The van der Waals surface area contributed by atoms with Crippen LogP contribution >= 0.6 is 0 Å². The highest BCUT2D eigenvalue weighted by atomic mass is 19.4. The maximum Gasteiger partial charge on any atom is 0.401 e. The molecule has 1 unspecified atom stereocenters. The number of hydrogen-bond acceptors (Lipinski definition) is 7. The van der Waals surface area contributed by atoms with Crippen LogP contribution in [0.1, 0.15) is 63.4 Å². The van der Waals surface area contributed by atoms with Crippen LogP contribution in [-0.4, -0.2) is 95.4 Å². The molecule has 8 nitrogen and oxygen atoms in total. The summed E-state index contributed by atoms with van der Waals surface area (Å²) >= 11 is 0. The van der Waals surface area contributed by atoms with Crippen molar-refractivity contribution in [2.24, 2.45) is 0 Å². The first-order valence-corrected chi connectivity index (χ1v) is 16.2. The Balaban J connectivity index is 1.40. The minimum atomic E-state index is -4.21. The second-order valence-electron chi connectivity index (χ2n) is 12.8. The fourth-order valence-electron chi connectivity index (χ4n) is 7.37. The summed E-state index contributed by atoms with van der Waals surface area (Å²) in [7, 11) is 4.17. The second-order valence-corrected chi connectivity index (χ2v) is 12.8. The first-order valence-electron chi connectivity index (χ1n) is 16.2. The van der Waals surface area contributed by atoms with Gasteiger partial charge in [-0.15, -0.1) is 0 Å². The quantitative estimate of drug-likeness (QED) is 0.332. The Morgan fingerprint density at radius 3 is 2.40 bits per heavy atom. The lowest BCUT2D eigenvalue weighted by Crippen LogP contribution is -2.50. The molecule has 3 heterocycles. The van der Waals surface area contributed by atoms with Gasteiger partial charge in [0.1, 0.15) is 11.6 Å². The largest absolute Gasteiger partial charge is 0.508 e. The van der Waals surface area contributed by atoms with Crippen molar-refractivity contribution in [3.63, 3.8) is 0 Å². The van der Waals surface area contributed by atoms with Gasteiger partial charge in [-0.1, -0.05) is 25.5 Å². The van der Waals surface area contributed by atoms with Gasteiger partial charge in [0.25, 0.3) is 5.56 Å². The summed E-state index contributed by atoms with van der Waals surface area (Å²) < 4.78 is 41.0. The van der Waals surface area contributed by atoms with Crippen molar-refractivity contribution >= 4 is 16.6 Å². The highest BCUT2D eigenvalue weighted by Crippen LogP contribution is 2.40. The molecule has 11 heteroatoms. The number of rotatable bonds is 9. The zero-order valence-electron chi connectivity index (χ0n) is 27.0. The van der Waals surface area contributed by atoms with Gasteiger partial charge in [0, 0.05) is 50.5 Å². The van der Waals surface area contributed by atoms with E-state index < -0.39 is 12.7 Å². The van der Waals surface area contributed by atoms with Crippen LogP contribution in [0.15, 0.2) is 47.3 Å². The maximum atomic E-state index is 14.0. The van der Waals surface area contributed by atoms with E-state index in [4.69, 9.17) is 4.98 Å². The third-order valence-corrected chi connectivity index (χ3v) is 9.81. The second kappa shape index (κ2) is 13.7. The van der Waals surface area contributed by atoms with Gasteiger partial charge in [-0.2, -0.15) is 13.2 Å². The normalized spacial score (nSPS) is 19.2. The Hall–Kier alpha value is -3.15. The number of aromatic hydroxyl groups is 1. The van der Waals surface area contributed by atoms with Crippen molar-refractivity contribution in [3.8, 4) is 5.75 Å². The zero-order chi connectivity index (χ0) is 32.4. The van der Waals surface area contributed by atoms with Crippen LogP contribution in [0.4, 0.5) is 18.9 Å². The molecule has 0 spiro atoms. The van der Waals surface area contributed by atoms with E-state index in [1.807, 2.05) is 37.3 Å². The van der Waals surface area contributed by atoms with E-state index in [0.717, 1.165) is 50.0 Å². The van der Waals surface area contributed by atoms with Crippen LogP contribution in [0.2, 0.25) is 0 Å². The van der Waals surface area contributed by atoms with Gasteiger partial charge in [-0.25, -0.2) is 4.98 Å². The number of hydrogen-bond donors (Lipinski definition) is 1. The van der Waals surface area contributed by atoms with E-state index in [9.17, 15) is 23.1 Å². The van der Waals surface area contributed by atoms with E-state index in [1.165, 1.54) is 4.90 Å². The molecule has 0 bridgehead atoms. The number of phenols is 1. The van der Waals surface area contributed by atoms with Crippen LogP contribution in [0.5, 0.6) is 5.75 Å². The third-order valence-electron chi connectivity index (χ3n) is 9.81. The molecule has 5 rings (SSSR count). The molecule has 45 heavy (non-hydrogen) atoms. The summed E-state index contributed by atoms with van der Waals surface area (Å²) in [6, 6.07) is 13.3. The average molecular weight is 629 g/mol. The van der Waals surface area contributed by atoms with Crippen molar-refractivity contribution in [2.75, 3.05) is 64.8 Å². The van der Waals surface area contributed by atoms with Crippen LogP contribution in [0.3, 0.4) is 0 Å². The predicted molar refractivity (Wildman–Crippen MR) is 173 cm³/mol. The molecule has 2 aliphatic rings. The van der Waals surface area contributed by atoms with Gasteiger partial charge in [-0.3, -0.25) is 24.1 Å². The van der Waals surface area contributed by atoms with E-state index in [-0.39, 0.29) is 22.9 Å². The number of alkyl halides is 3. The predicted octanol–water partition coefficient (Wildman–Crippen LogP) is 5.59. The smallest absolute Gasteiger partial charge is 0.401 e. The van der Waals surface area contributed by atoms with Crippen molar-refractivity contribution in [1.82, 2.24) is 24.3 Å². The summed E-state index contributed by atoms with van der Waals surface area (Å²) in [5.41, 5.74) is 2.48. The highest BCUT2D eigenvalue weighted by molar-refractivity contribution is 5.82. The lowest BCUT2D eigenvalue weighted by Gasteiger charge is -2.47. The van der Waals surface area contributed by atoms with Gasteiger partial charge in [0.2, 0.25) is 0 Å². The zero-order valence-corrected chi connectivity index (χ0v) is 27.0. The van der Waals surface area contributed by atoms with Gasteiger partial charge >= 0.3 is 6.18 Å². The third kappa shape index (κ3) is 7.15. The molecular formula is C34H47F3N6O2. The molecule has 246 valence electrons. The number of anilines is 1. The fraction of sp³-hybridized carbons (Fsp3) is 0.588. The molecule has 1 N–H and O–H groups in total. The van der Waals surface area contributed by atoms with E-state index in [0.29, 0.717) is 55.9 Å². The number of piperidine rings is 1. The summed E-state index contributed by atoms with van der Waals surface area (Å²) in [4.78, 5) is 27.4. The highest BCUT2D eigenvalue weighted by Gasteiger charge is 2.39. The van der Waals surface area contributed by atoms with Crippen LogP contribution < -0.4 is 10.5 Å². The molecule has 2 aliphatic heterocycles. The lowest BCUT2D eigenvalue weighted by molar-refractivity contribution is -0.145. The molecule has 1 aromatic heterocycles.